The molecule has 11 nitrogen and oxygen atoms in total. The number of halogens is 4. The van der Waals surface area contributed by atoms with E-state index in [1.807, 2.05) is 18.2 Å². The van der Waals surface area contributed by atoms with Crippen molar-refractivity contribution in [3.05, 3.63) is 95.3 Å². The number of rotatable bonds is 8. The number of carbonyl (C=O) groups is 3. The van der Waals surface area contributed by atoms with Crippen LogP contribution in [0.1, 0.15) is 36.8 Å². The van der Waals surface area contributed by atoms with Gasteiger partial charge in [-0.3, -0.25) is 9.59 Å². The van der Waals surface area contributed by atoms with Crippen molar-refractivity contribution >= 4 is 29.4 Å². The van der Waals surface area contributed by atoms with Gasteiger partial charge in [0.1, 0.15) is 12.4 Å². The van der Waals surface area contributed by atoms with Gasteiger partial charge >= 0.3 is 12.1 Å². The standard InChI is InChI=1S/C29H30ClN7O2.C2HF3O2/c1-19(28(38)32-17-24-15-25(30)11-12-27(24)37-18-33-35-36-37)34-29(39)26-16-23(13-14-31-26)22-9-7-21(8-10-22)20-5-3-2-4-6-20;3-2(4,5)1(6)7/h2-12,15,18-19,23,26,31H,13-14,16-17H2,1H3,(H,32,38)(H,34,39);(H,6,7)/t19-,23-,26+;/m0./s1. The number of alkyl halides is 3. The third kappa shape index (κ3) is 9.34. The third-order valence-electron chi connectivity index (χ3n) is 7.29. The molecule has 3 aromatic carbocycles. The van der Waals surface area contributed by atoms with Crippen molar-refractivity contribution in [2.24, 2.45) is 0 Å². The summed E-state index contributed by atoms with van der Waals surface area (Å²) < 4.78 is 33.2. The zero-order valence-corrected chi connectivity index (χ0v) is 25.3. The smallest absolute Gasteiger partial charge is 0.475 e. The number of carbonyl (C=O) groups excluding carboxylic acids is 2. The first-order valence-corrected chi connectivity index (χ1v) is 14.6. The fourth-order valence-corrected chi connectivity index (χ4v) is 5.10. The Morgan fingerprint density at radius 3 is 2.37 bits per heavy atom. The monoisotopic (exact) mass is 657 g/mol. The SMILES string of the molecule is C[C@H](NC(=O)[C@H]1C[C@@H](c2ccc(-c3ccccc3)cc2)CCN1)C(=O)NCc1cc(Cl)ccc1-n1cnnn1.O=C(O)C(F)(F)F. The van der Waals surface area contributed by atoms with Crippen LogP contribution in [-0.2, 0) is 20.9 Å². The average Bonchev–Trinajstić information content (AvgIpc) is 3.59. The lowest BCUT2D eigenvalue weighted by atomic mass is 9.85. The Bertz CT molecular complexity index is 1620. The van der Waals surface area contributed by atoms with Gasteiger partial charge in [-0.15, -0.1) is 5.10 Å². The second-order valence-corrected chi connectivity index (χ2v) is 10.9. The number of hydrogen-bond donors (Lipinski definition) is 4. The Labute approximate surface area is 267 Å². The number of nitrogens with zero attached hydrogens (tertiary/aromatic N) is 4. The minimum Gasteiger partial charge on any atom is -0.475 e. The maximum absolute atomic E-state index is 13.1. The fraction of sp³-hybridized carbons (Fsp3) is 0.290. The number of aliphatic carboxylic acids is 1. The normalized spacial score (nSPS) is 16.8. The van der Waals surface area contributed by atoms with Gasteiger partial charge in [0.2, 0.25) is 11.8 Å². The maximum atomic E-state index is 13.1. The lowest BCUT2D eigenvalue weighted by molar-refractivity contribution is -0.192. The summed E-state index contributed by atoms with van der Waals surface area (Å²) in [6.45, 7) is 2.62. The van der Waals surface area contributed by atoms with Crippen molar-refractivity contribution in [3.8, 4) is 16.8 Å². The Hall–Kier alpha value is -4.82. The van der Waals surface area contributed by atoms with E-state index in [1.54, 1.807) is 25.1 Å². The largest absolute Gasteiger partial charge is 0.490 e. The van der Waals surface area contributed by atoms with Crippen LogP contribution in [0.3, 0.4) is 0 Å². The second kappa shape index (κ2) is 15.5. The van der Waals surface area contributed by atoms with Crippen LogP contribution in [0.4, 0.5) is 13.2 Å². The van der Waals surface area contributed by atoms with Gasteiger partial charge in [-0.2, -0.15) is 13.2 Å². The van der Waals surface area contributed by atoms with Crippen molar-refractivity contribution in [2.45, 2.75) is 50.5 Å². The highest BCUT2D eigenvalue weighted by atomic mass is 35.5. The highest BCUT2D eigenvalue weighted by Gasteiger charge is 2.38. The number of piperidine rings is 1. The molecule has 1 saturated heterocycles. The van der Waals surface area contributed by atoms with Crippen LogP contribution >= 0.6 is 11.6 Å². The predicted octanol–water partition coefficient (Wildman–Crippen LogP) is 4.27. The summed E-state index contributed by atoms with van der Waals surface area (Å²) in [7, 11) is 0. The molecular weight excluding hydrogens is 627 g/mol. The number of hydrogen-bond acceptors (Lipinski definition) is 7. The van der Waals surface area contributed by atoms with Crippen LogP contribution in [0.25, 0.3) is 16.8 Å². The highest BCUT2D eigenvalue weighted by molar-refractivity contribution is 6.30. The summed E-state index contributed by atoms with van der Waals surface area (Å²) in [5.41, 5.74) is 5.03. The maximum Gasteiger partial charge on any atom is 0.490 e. The first kappa shape index (κ1) is 34.1. The molecule has 46 heavy (non-hydrogen) atoms. The van der Waals surface area contributed by atoms with Crippen LogP contribution in [0, 0.1) is 0 Å². The molecule has 5 rings (SSSR count). The predicted molar refractivity (Wildman–Crippen MR) is 163 cm³/mol. The number of carboxylic acid groups (broad SMARTS) is 1. The van der Waals surface area contributed by atoms with Crippen LogP contribution in [-0.4, -0.2) is 67.9 Å². The molecule has 0 aliphatic carbocycles. The van der Waals surface area contributed by atoms with E-state index in [-0.39, 0.29) is 30.3 Å². The lowest BCUT2D eigenvalue weighted by Crippen LogP contribution is -2.53. The van der Waals surface area contributed by atoms with Gasteiger partial charge in [0.05, 0.1) is 11.7 Å². The number of carboxylic acids is 1. The molecule has 2 amide bonds. The Morgan fingerprint density at radius 2 is 1.74 bits per heavy atom. The van der Waals surface area contributed by atoms with E-state index >= 15 is 0 Å². The molecule has 242 valence electrons. The molecule has 4 N–H and O–H groups in total. The molecule has 1 aliphatic heterocycles. The molecule has 0 unspecified atom stereocenters. The Morgan fingerprint density at radius 1 is 1.07 bits per heavy atom. The fourth-order valence-electron chi connectivity index (χ4n) is 4.90. The topological polar surface area (TPSA) is 151 Å². The van der Waals surface area contributed by atoms with Crippen molar-refractivity contribution in [1.82, 2.24) is 36.2 Å². The second-order valence-electron chi connectivity index (χ2n) is 10.5. The molecule has 3 atom stereocenters. The Kier molecular flexibility index (Phi) is 11.4. The minimum absolute atomic E-state index is 0.180. The molecule has 1 aliphatic rings. The van der Waals surface area contributed by atoms with Gasteiger partial charge < -0.3 is 21.1 Å². The van der Waals surface area contributed by atoms with Crippen molar-refractivity contribution in [2.75, 3.05) is 6.54 Å². The van der Waals surface area contributed by atoms with Gasteiger partial charge in [-0.25, -0.2) is 9.48 Å². The van der Waals surface area contributed by atoms with Crippen molar-refractivity contribution in [3.63, 3.8) is 0 Å². The van der Waals surface area contributed by atoms with E-state index in [1.165, 1.54) is 27.7 Å². The van der Waals surface area contributed by atoms with Gasteiger partial charge in [0.25, 0.3) is 0 Å². The summed E-state index contributed by atoms with van der Waals surface area (Å²) in [4.78, 5) is 34.8. The molecule has 0 radical (unpaired) electrons. The third-order valence-corrected chi connectivity index (χ3v) is 7.53. The molecule has 0 saturated carbocycles. The number of nitrogens with one attached hydrogen (secondary N) is 3. The molecule has 0 spiro atoms. The number of benzene rings is 3. The summed E-state index contributed by atoms with van der Waals surface area (Å²) in [6, 6.07) is 23.0. The van der Waals surface area contributed by atoms with Gasteiger partial charge in [0, 0.05) is 11.6 Å². The quantitative estimate of drug-likeness (QED) is 0.219. The van der Waals surface area contributed by atoms with E-state index in [4.69, 9.17) is 21.5 Å². The van der Waals surface area contributed by atoms with Gasteiger partial charge in [0.15, 0.2) is 0 Å². The summed E-state index contributed by atoms with van der Waals surface area (Å²) in [5.74, 6) is -2.97. The van der Waals surface area contributed by atoms with Crippen LogP contribution in [0.15, 0.2) is 79.1 Å². The van der Waals surface area contributed by atoms with E-state index in [2.05, 4.69) is 67.9 Å². The van der Waals surface area contributed by atoms with Gasteiger partial charge in [-0.1, -0.05) is 66.2 Å². The van der Waals surface area contributed by atoms with Crippen molar-refractivity contribution in [1.29, 1.82) is 0 Å². The molecular formula is C31H31ClF3N7O4. The molecule has 1 fully saturated rings. The number of amides is 2. The van der Waals surface area contributed by atoms with E-state index in [0.717, 1.165) is 18.5 Å². The molecule has 15 heteroatoms. The lowest BCUT2D eigenvalue weighted by Gasteiger charge is -2.30. The summed E-state index contributed by atoms with van der Waals surface area (Å²) in [6.07, 6.45) is -1.99. The first-order valence-electron chi connectivity index (χ1n) is 14.2. The van der Waals surface area contributed by atoms with Crippen LogP contribution < -0.4 is 16.0 Å². The summed E-state index contributed by atoms with van der Waals surface area (Å²) >= 11 is 6.17. The van der Waals surface area contributed by atoms with E-state index < -0.39 is 18.2 Å². The van der Waals surface area contributed by atoms with Crippen molar-refractivity contribution < 1.29 is 32.7 Å². The minimum atomic E-state index is -5.08. The Balaban J connectivity index is 0.000000617. The molecule has 4 aromatic rings. The average molecular weight is 658 g/mol. The molecule has 2 heterocycles. The summed E-state index contributed by atoms with van der Waals surface area (Å²) in [5, 5.41) is 27.9. The van der Waals surface area contributed by atoms with E-state index in [0.29, 0.717) is 17.1 Å². The first-order chi connectivity index (χ1) is 21.9. The van der Waals surface area contributed by atoms with Crippen LogP contribution in [0.5, 0.6) is 0 Å². The van der Waals surface area contributed by atoms with Gasteiger partial charge in [-0.05, 0) is 83.1 Å². The number of tetrazole rings is 1. The zero-order chi connectivity index (χ0) is 33.3. The molecule has 0 bridgehead atoms. The molecule has 1 aromatic heterocycles. The zero-order valence-electron chi connectivity index (χ0n) is 24.5. The highest BCUT2D eigenvalue weighted by Crippen LogP contribution is 2.30. The van der Waals surface area contributed by atoms with E-state index in [9.17, 15) is 22.8 Å². The van der Waals surface area contributed by atoms with Crippen LogP contribution in [0.2, 0.25) is 5.02 Å². The number of aromatic nitrogens is 4.